The van der Waals surface area contributed by atoms with Crippen LogP contribution in [0.1, 0.15) is 19.3 Å². The van der Waals surface area contributed by atoms with Gasteiger partial charge in [0.25, 0.3) is 0 Å². The number of ether oxygens (including phenoxy) is 2. The van der Waals surface area contributed by atoms with Gasteiger partial charge in [-0.15, -0.1) is 0 Å². The molecule has 0 spiro atoms. The maximum absolute atomic E-state index is 5.97. The summed E-state index contributed by atoms with van der Waals surface area (Å²) in [6.07, 6.45) is 3.74. The number of rotatable bonds is 7. The number of hydrogen-bond donors (Lipinski definition) is 1. The van der Waals surface area contributed by atoms with Gasteiger partial charge < -0.3 is 20.1 Å². The van der Waals surface area contributed by atoms with Crippen molar-refractivity contribution in [3.63, 3.8) is 0 Å². The van der Waals surface area contributed by atoms with Crippen molar-refractivity contribution < 1.29 is 9.47 Å². The Morgan fingerprint density at radius 3 is 3.00 bits per heavy atom. The van der Waals surface area contributed by atoms with Gasteiger partial charge >= 0.3 is 0 Å². The molecule has 2 N–H and O–H groups in total. The molecule has 2 unspecified atom stereocenters. The van der Waals surface area contributed by atoms with Crippen molar-refractivity contribution in [2.45, 2.75) is 31.4 Å². The van der Waals surface area contributed by atoms with Crippen molar-refractivity contribution in [3.05, 3.63) is 0 Å². The highest BCUT2D eigenvalue weighted by atomic mass is 16.5. The topological polar surface area (TPSA) is 47.7 Å². The average molecular weight is 216 g/mol. The smallest absolute Gasteiger partial charge is 0.0702 e. The molecule has 0 aromatic carbocycles. The monoisotopic (exact) mass is 216 g/mol. The lowest BCUT2D eigenvalue weighted by Gasteiger charge is -2.23. The largest absolute Gasteiger partial charge is 0.385 e. The molecular formula is C11H24N2O2. The van der Waals surface area contributed by atoms with Crippen LogP contribution in [0.4, 0.5) is 0 Å². The summed E-state index contributed by atoms with van der Waals surface area (Å²) in [5.41, 5.74) is 5.97. The van der Waals surface area contributed by atoms with E-state index in [0.29, 0.717) is 6.10 Å². The lowest BCUT2D eigenvalue weighted by molar-refractivity contribution is 0.0782. The standard InChI is InChI=1S/C11H24N2O2/c1-13(8-10(12)5-7-14-2)9-11-4-3-6-15-11/h10-11H,3-9,12H2,1-2H3. The zero-order valence-electron chi connectivity index (χ0n) is 9.95. The van der Waals surface area contributed by atoms with E-state index >= 15 is 0 Å². The molecule has 0 radical (unpaired) electrons. The van der Waals surface area contributed by atoms with Crippen LogP contribution in [-0.2, 0) is 9.47 Å². The minimum atomic E-state index is 0.205. The predicted octanol–water partition coefficient (Wildman–Crippen LogP) is 0.461. The van der Waals surface area contributed by atoms with Crippen molar-refractivity contribution in [1.82, 2.24) is 4.90 Å². The Bertz CT molecular complexity index is 161. The summed E-state index contributed by atoms with van der Waals surface area (Å²) < 4.78 is 10.6. The minimum Gasteiger partial charge on any atom is -0.385 e. The van der Waals surface area contributed by atoms with Crippen LogP contribution in [0.2, 0.25) is 0 Å². The minimum absolute atomic E-state index is 0.205. The van der Waals surface area contributed by atoms with Gasteiger partial charge in [0.1, 0.15) is 0 Å². The van der Waals surface area contributed by atoms with Gasteiger partial charge in [0.2, 0.25) is 0 Å². The molecule has 0 aromatic rings. The van der Waals surface area contributed by atoms with Crippen LogP contribution in [0.3, 0.4) is 0 Å². The first-order valence-electron chi connectivity index (χ1n) is 5.77. The molecule has 1 fully saturated rings. The summed E-state index contributed by atoms with van der Waals surface area (Å²) in [5.74, 6) is 0. The molecule has 0 amide bonds. The van der Waals surface area contributed by atoms with Gasteiger partial charge in [0, 0.05) is 39.5 Å². The maximum atomic E-state index is 5.97. The molecule has 4 nitrogen and oxygen atoms in total. The van der Waals surface area contributed by atoms with E-state index in [1.807, 2.05) is 0 Å². The number of methoxy groups -OCH3 is 1. The molecule has 0 aliphatic carbocycles. The van der Waals surface area contributed by atoms with Crippen LogP contribution in [0, 0.1) is 0 Å². The van der Waals surface area contributed by atoms with Crippen LogP contribution in [-0.4, -0.2) is 57.5 Å². The summed E-state index contributed by atoms with van der Waals surface area (Å²) in [6.45, 7) is 3.59. The van der Waals surface area contributed by atoms with Gasteiger partial charge in [0.05, 0.1) is 6.10 Å². The Morgan fingerprint density at radius 1 is 1.60 bits per heavy atom. The van der Waals surface area contributed by atoms with E-state index in [4.69, 9.17) is 15.2 Å². The first-order chi connectivity index (χ1) is 7.22. The third-order valence-corrected chi connectivity index (χ3v) is 2.78. The molecule has 1 aliphatic heterocycles. The molecule has 1 saturated heterocycles. The summed E-state index contributed by atoms with van der Waals surface area (Å²) in [6, 6.07) is 0.205. The van der Waals surface area contributed by atoms with Crippen LogP contribution >= 0.6 is 0 Å². The van der Waals surface area contributed by atoms with Crippen molar-refractivity contribution in [3.8, 4) is 0 Å². The second kappa shape index (κ2) is 7.17. The first kappa shape index (κ1) is 12.9. The zero-order valence-corrected chi connectivity index (χ0v) is 9.95. The van der Waals surface area contributed by atoms with Crippen molar-refractivity contribution in [1.29, 1.82) is 0 Å². The summed E-state index contributed by atoms with van der Waals surface area (Å²) >= 11 is 0. The van der Waals surface area contributed by atoms with E-state index < -0.39 is 0 Å². The van der Waals surface area contributed by atoms with Crippen molar-refractivity contribution in [2.75, 3.05) is 40.5 Å². The SMILES string of the molecule is COCCC(N)CN(C)CC1CCCO1. The number of hydrogen-bond acceptors (Lipinski definition) is 4. The van der Waals surface area contributed by atoms with Crippen LogP contribution in [0.15, 0.2) is 0 Å². The Balaban J connectivity index is 2.08. The van der Waals surface area contributed by atoms with E-state index in [1.54, 1.807) is 7.11 Å². The summed E-state index contributed by atoms with van der Waals surface area (Å²) in [7, 11) is 3.82. The second-order valence-corrected chi connectivity index (χ2v) is 4.40. The van der Waals surface area contributed by atoms with Gasteiger partial charge in [-0.3, -0.25) is 0 Å². The zero-order chi connectivity index (χ0) is 11.1. The molecule has 0 bridgehead atoms. The first-order valence-corrected chi connectivity index (χ1v) is 5.77. The van der Waals surface area contributed by atoms with E-state index in [2.05, 4.69) is 11.9 Å². The maximum Gasteiger partial charge on any atom is 0.0702 e. The fourth-order valence-corrected chi connectivity index (χ4v) is 1.97. The third kappa shape index (κ3) is 5.47. The Labute approximate surface area is 92.7 Å². The second-order valence-electron chi connectivity index (χ2n) is 4.40. The summed E-state index contributed by atoms with van der Waals surface area (Å²) in [5, 5.41) is 0. The molecule has 1 rings (SSSR count). The van der Waals surface area contributed by atoms with Crippen molar-refractivity contribution >= 4 is 0 Å². The highest BCUT2D eigenvalue weighted by molar-refractivity contribution is 4.72. The van der Waals surface area contributed by atoms with Crippen molar-refractivity contribution in [2.24, 2.45) is 5.73 Å². The van der Waals surface area contributed by atoms with E-state index in [9.17, 15) is 0 Å². The quantitative estimate of drug-likeness (QED) is 0.671. The summed E-state index contributed by atoms with van der Waals surface area (Å²) in [4.78, 5) is 2.26. The highest BCUT2D eigenvalue weighted by Crippen LogP contribution is 2.12. The molecular weight excluding hydrogens is 192 g/mol. The van der Waals surface area contributed by atoms with Gasteiger partial charge in [-0.25, -0.2) is 0 Å². The van der Waals surface area contributed by atoms with Crippen LogP contribution in [0.25, 0.3) is 0 Å². The molecule has 4 heteroatoms. The Hall–Kier alpha value is -0.160. The number of likely N-dealkylation sites (N-methyl/N-ethyl adjacent to an activating group) is 1. The van der Waals surface area contributed by atoms with Gasteiger partial charge in [-0.1, -0.05) is 0 Å². The van der Waals surface area contributed by atoms with Crippen LogP contribution in [0.5, 0.6) is 0 Å². The Kier molecular flexibility index (Phi) is 6.17. The predicted molar refractivity (Wildman–Crippen MR) is 60.9 cm³/mol. The normalized spacial score (nSPS) is 23.6. The Morgan fingerprint density at radius 2 is 2.40 bits per heavy atom. The van der Waals surface area contributed by atoms with Crippen LogP contribution < -0.4 is 5.73 Å². The third-order valence-electron chi connectivity index (χ3n) is 2.78. The molecule has 15 heavy (non-hydrogen) atoms. The lowest BCUT2D eigenvalue weighted by atomic mass is 10.2. The van der Waals surface area contributed by atoms with E-state index in [0.717, 1.165) is 32.7 Å². The molecule has 90 valence electrons. The van der Waals surface area contributed by atoms with E-state index in [1.165, 1.54) is 12.8 Å². The lowest BCUT2D eigenvalue weighted by Crippen LogP contribution is -2.39. The van der Waals surface area contributed by atoms with Gasteiger partial charge in [-0.2, -0.15) is 0 Å². The fraction of sp³-hybridized carbons (Fsp3) is 1.00. The molecule has 0 saturated carbocycles. The van der Waals surface area contributed by atoms with E-state index in [-0.39, 0.29) is 6.04 Å². The molecule has 1 heterocycles. The molecule has 0 aromatic heterocycles. The number of nitrogens with two attached hydrogens (primary N) is 1. The number of nitrogens with zero attached hydrogens (tertiary/aromatic N) is 1. The molecule has 2 atom stereocenters. The van der Waals surface area contributed by atoms with Gasteiger partial charge in [-0.05, 0) is 26.3 Å². The average Bonchev–Trinajstić information content (AvgIpc) is 2.67. The van der Waals surface area contributed by atoms with Gasteiger partial charge in [0.15, 0.2) is 0 Å². The highest BCUT2D eigenvalue weighted by Gasteiger charge is 2.18. The molecule has 1 aliphatic rings. The fourth-order valence-electron chi connectivity index (χ4n) is 1.97.